The molecule has 2 rings (SSSR count). The van der Waals surface area contributed by atoms with Gasteiger partial charge in [-0.1, -0.05) is 0 Å². The van der Waals surface area contributed by atoms with Gasteiger partial charge in [0.15, 0.2) is 0 Å². The number of hydrogen-bond donors (Lipinski definition) is 0. The predicted molar refractivity (Wildman–Crippen MR) is 45.8 cm³/mol. The first kappa shape index (κ1) is 7.10. The molecule has 11 heavy (non-hydrogen) atoms. The minimum absolute atomic E-state index is 0.669. The van der Waals surface area contributed by atoms with Crippen molar-refractivity contribution >= 4 is 11.8 Å². The van der Waals surface area contributed by atoms with Crippen LogP contribution in [0.2, 0.25) is 0 Å². The third-order valence-corrected chi connectivity index (χ3v) is 2.45. The Labute approximate surface area is 70.4 Å². The summed E-state index contributed by atoms with van der Waals surface area (Å²) in [6.45, 7) is 0. The van der Waals surface area contributed by atoms with Gasteiger partial charge in [-0.2, -0.15) is 0 Å². The molecule has 0 saturated heterocycles. The molecule has 1 fully saturated rings. The third-order valence-electron chi connectivity index (χ3n) is 1.80. The van der Waals surface area contributed by atoms with Gasteiger partial charge in [0.05, 0.1) is 5.03 Å². The lowest BCUT2D eigenvalue weighted by Gasteiger charge is -1.97. The molecule has 58 valence electrons. The van der Waals surface area contributed by atoms with Crippen molar-refractivity contribution in [1.82, 2.24) is 9.97 Å². The van der Waals surface area contributed by atoms with Crippen molar-refractivity contribution in [3.63, 3.8) is 0 Å². The summed E-state index contributed by atoms with van der Waals surface area (Å²) in [5.41, 5.74) is 0. The first-order valence-electron chi connectivity index (χ1n) is 3.77. The molecule has 1 aliphatic rings. The van der Waals surface area contributed by atoms with Gasteiger partial charge in [-0.15, -0.1) is 11.8 Å². The third kappa shape index (κ3) is 1.53. The molecule has 1 aliphatic carbocycles. The molecule has 0 unspecified atom stereocenters. The number of aromatic nitrogens is 2. The fraction of sp³-hybridized carbons (Fsp3) is 0.500. The van der Waals surface area contributed by atoms with E-state index in [1.807, 2.05) is 18.5 Å². The zero-order valence-electron chi connectivity index (χ0n) is 6.45. The van der Waals surface area contributed by atoms with E-state index >= 15 is 0 Å². The second kappa shape index (κ2) is 2.81. The van der Waals surface area contributed by atoms with Crippen LogP contribution in [0.25, 0.3) is 0 Å². The van der Waals surface area contributed by atoms with Crippen molar-refractivity contribution < 1.29 is 0 Å². The van der Waals surface area contributed by atoms with Crippen molar-refractivity contribution in [3.05, 3.63) is 18.1 Å². The monoisotopic (exact) mass is 166 g/mol. The Morgan fingerprint density at radius 2 is 2.36 bits per heavy atom. The maximum atomic E-state index is 4.41. The zero-order valence-corrected chi connectivity index (χ0v) is 7.27. The fourth-order valence-electron chi connectivity index (χ4n) is 1.01. The average Bonchev–Trinajstić information content (AvgIpc) is 2.87. The Balaban J connectivity index is 2.26. The number of nitrogens with zero attached hydrogens (tertiary/aromatic N) is 2. The Hall–Kier alpha value is -0.570. The highest BCUT2D eigenvalue weighted by atomic mass is 32.2. The molecule has 0 aromatic carbocycles. The maximum absolute atomic E-state index is 4.41. The molecule has 1 saturated carbocycles. The summed E-state index contributed by atoms with van der Waals surface area (Å²) in [5, 5.41) is 1.09. The number of hydrogen-bond acceptors (Lipinski definition) is 3. The minimum atomic E-state index is 0.669. The summed E-state index contributed by atoms with van der Waals surface area (Å²) < 4.78 is 0. The van der Waals surface area contributed by atoms with E-state index in [4.69, 9.17) is 0 Å². The standard InChI is InChI=1S/C8H10N2S/c1-11-7-4-5-9-8(10-7)6-2-3-6/h4-6H,2-3H2,1H3. The van der Waals surface area contributed by atoms with E-state index in [0.29, 0.717) is 5.92 Å². The largest absolute Gasteiger partial charge is 0.241 e. The quantitative estimate of drug-likeness (QED) is 0.497. The van der Waals surface area contributed by atoms with Crippen molar-refractivity contribution in [3.8, 4) is 0 Å². The molecular weight excluding hydrogens is 156 g/mol. The van der Waals surface area contributed by atoms with Gasteiger partial charge in [0.25, 0.3) is 0 Å². The van der Waals surface area contributed by atoms with Gasteiger partial charge < -0.3 is 0 Å². The van der Waals surface area contributed by atoms with Gasteiger partial charge in [-0.25, -0.2) is 9.97 Å². The molecule has 0 atom stereocenters. The lowest BCUT2D eigenvalue weighted by atomic mass is 10.4. The molecule has 2 nitrogen and oxygen atoms in total. The molecule has 1 heterocycles. The molecule has 0 spiro atoms. The maximum Gasteiger partial charge on any atom is 0.132 e. The summed E-state index contributed by atoms with van der Waals surface area (Å²) in [6, 6.07) is 1.95. The van der Waals surface area contributed by atoms with Crippen LogP contribution in [0, 0.1) is 0 Å². The highest BCUT2D eigenvalue weighted by Gasteiger charge is 2.26. The zero-order chi connectivity index (χ0) is 7.68. The van der Waals surface area contributed by atoms with Gasteiger partial charge in [0.2, 0.25) is 0 Å². The van der Waals surface area contributed by atoms with Gasteiger partial charge >= 0.3 is 0 Å². The van der Waals surface area contributed by atoms with Crippen LogP contribution in [-0.4, -0.2) is 16.2 Å². The van der Waals surface area contributed by atoms with E-state index in [0.717, 1.165) is 10.9 Å². The molecule has 0 aliphatic heterocycles. The lowest BCUT2D eigenvalue weighted by molar-refractivity contribution is 0.878. The van der Waals surface area contributed by atoms with E-state index in [1.54, 1.807) is 11.8 Å². The number of rotatable bonds is 2. The van der Waals surface area contributed by atoms with E-state index in [-0.39, 0.29) is 0 Å². The second-order valence-electron chi connectivity index (χ2n) is 2.73. The first-order chi connectivity index (χ1) is 5.40. The number of thioether (sulfide) groups is 1. The predicted octanol–water partition coefficient (Wildman–Crippen LogP) is 2.08. The van der Waals surface area contributed by atoms with Crippen LogP contribution in [0.5, 0.6) is 0 Å². The van der Waals surface area contributed by atoms with Gasteiger partial charge in [0.1, 0.15) is 5.82 Å². The topological polar surface area (TPSA) is 25.8 Å². The second-order valence-corrected chi connectivity index (χ2v) is 3.56. The normalized spacial score (nSPS) is 16.8. The van der Waals surface area contributed by atoms with Crippen LogP contribution in [0.1, 0.15) is 24.6 Å². The highest BCUT2D eigenvalue weighted by Crippen LogP contribution is 2.38. The SMILES string of the molecule is CSc1ccnc(C2CC2)n1. The summed E-state index contributed by atoms with van der Waals surface area (Å²) in [4.78, 5) is 8.63. The van der Waals surface area contributed by atoms with Crippen LogP contribution in [0.3, 0.4) is 0 Å². The first-order valence-corrected chi connectivity index (χ1v) is 4.99. The summed E-state index contributed by atoms with van der Waals surface area (Å²) >= 11 is 1.68. The van der Waals surface area contributed by atoms with E-state index in [1.165, 1.54) is 12.8 Å². The lowest BCUT2D eigenvalue weighted by Crippen LogP contribution is -1.91. The summed E-state index contributed by atoms with van der Waals surface area (Å²) in [5.74, 6) is 1.71. The molecule has 1 aromatic rings. The summed E-state index contributed by atoms with van der Waals surface area (Å²) in [7, 11) is 0. The Morgan fingerprint density at radius 3 is 3.00 bits per heavy atom. The molecule has 0 radical (unpaired) electrons. The molecule has 1 aromatic heterocycles. The van der Waals surface area contributed by atoms with E-state index in [2.05, 4.69) is 9.97 Å². The molecule has 3 heteroatoms. The van der Waals surface area contributed by atoms with Gasteiger partial charge in [-0.05, 0) is 25.2 Å². The van der Waals surface area contributed by atoms with Crippen molar-refractivity contribution in [2.75, 3.05) is 6.26 Å². The van der Waals surface area contributed by atoms with Crippen LogP contribution in [-0.2, 0) is 0 Å². The van der Waals surface area contributed by atoms with Crippen LogP contribution < -0.4 is 0 Å². The molecule has 0 bridgehead atoms. The van der Waals surface area contributed by atoms with Gasteiger partial charge in [-0.3, -0.25) is 0 Å². The van der Waals surface area contributed by atoms with Gasteiger partial charge in [0, 0.05) is 12.1 Å². The molecule has 0 N–H and O–H groups in total. The minimum Gasteiger partial charge on any atom is -0.241 e. The highest BCUT2D eigenvalue weighted by molar-refractivity contribution is 7.98. The van der Waals surface area contributed by atoms with Crippen molar-refractivity contribution in [2.24, 2.45) is 0 Å². The van der Waals surface area contributed by atoms with Crippen LogP contribution in [0.15, 0.2) is 17.3 Å². The van der Waals surface area contributed by atoms with Crippen LogP contribution in [0.4, 0.5) is 0 Å². The van der Waals surface area contributed by atoms with E-state index in [9.17, 15) is 0 Å². The average molecular weight is 166 g/mol. The molecule has 0 amide bonds. The van der Waals surface area contributed by atoms with Crippen molar-refractivity contribution in [2.45, 2.75) is 23.8 Å². The smallest absolute Gasteiger partial charge is 0.132 e. The van der Waals surface area contributed by atoms with E-state index < -0.39 is 0 Å². The Kier molecular flexibility index (Phi) is 1.82. The Morgan fingerprint density at radius 1 is 1.55 bits per heavy atom. The fourth-order valence-corrected chi connectivity index (χ4v) is 1.39. The van der Waals surface area contributed by atoms with Crippen molar-refractivity contribution in [1.29, 1.82) is 0 Å². The van der Waals surface area contributed by atoms with Crippen LogP contribution >= 0.6 is 11.8 Å². The molecular formula is C8H10N2S. The summed E-state index contributed by atoms with van der Waals surface area (Å²) in [6.07, 6.45) is 6.45. The Bertz CT molecular complexity index is 258.